The number of hydrogen-bond donors (Lipinski definition) is 1. The fraction of sp³-hybridized carbons (Fsp3) is 1.00. The molecule has 2 aliphatic carbocycles. The highest BCUT2D eigenvalue weighted by Crippen LogP contribution is 2.27. The van der Waals surface area contributed by atoms with E-state index in [1.807, 2.05) is 0 Å². The molecule has 0 aromatic rings. The van der Waals surface area contributed by atoms with E-state index >= 15 is 0 Å². The summed E-state index contributed by atoms with van der Waals surface area (Å²) in [6.07, 6.45) is 8.76. The lowest BCUT2D eigenvalue weighted by atomic mass is 9.89. The fourth-order valence-corrected chi connectivity index (χ4v) is 2.46. The van der Waals surface area contributed by atoms with Crippen molar-refractivity contribution in [3.05, 3.63) is 0 Å². The van der Waals surface area contributed by atoms with Crippen LogP contribution in [0.5, 0.6) is 0 Å². The average molecular weight is 211 g/mol. The molecule has 0 heterocycles. The normalized spacial score (nSPS) is 31.8. The molecule has 0 aromatic carbocycles. The van der Waals surface area contributed by atoms with Gasteiger partial charge in [0.15, 0.2) is 0 Å². The monoisotopic (exact) mass is 211 g/mol. The molecule has 2 aliphatic rings. The molecule has 0 aliphatic heterocycles. The van der Waals surface area contributed by atoms with E-state index in [4.69, 9.17) is 4.74 Å². The second-order valence-electron chi connectivity index (χ2n) is 5.41. The maximum atomic E-state index is 5.89. The van der Waals surface area contributed by atoms with E-state index in [0.717, 1.165) is 25.0 Å². The van der Waals surface area contributed by atoms with Crippen LogP contribution in [0.25, 0.3) is 0 Å². The van der Waals surface area contributed by atoms with Gasteiger partial charge in [-0.2, -0.15) is 0 Å². The lowest BCUT2D eigenvalue weighted by molar-refractivity contribution is 0.0174. The molecule has 2 rings (SSSR count). The smallest absolute Gasteiger partial charge is 0.0594 e. The van der Waals surface area contributed by atoms with Crippen molar-refractivity contribution in [1.82, 2.24) is 5.32 Å². The van der Waals surface area contributed by atoms with Crippen molar-refractivity contribution in [3.8, 4) is 0 Å². The molecule has 0 radical (unpaired) electrons. The van der Waals surface area contributed by atoms with Crippen molar-refractivity contribution in [2.24, 2.45) is 11.8 Å². The summed E-state index contributed by atoms with van der Waals surface area (Å²) >= 11 is 0. The lowest BCUT2D eigenvalue weighted by Crippen LogP contribution is -2.27. The summed E-state index contributed by atoms with van der Waals surface area (Å²) in [5, 5.41) is 3.47. The van der Waals surface area contributed by atoms with Gasteiger partial charge in [-0.3, -0.25) is 0 Å². The van der Waals surface area contributed by atoms with Gasteiger partial charge in [-0.1, -0.05) is 19.8 Å². The van der Waals surface area contributed by atoms with E-state index in [-0.39, 0.29) is 0 Å². The minimum absolute atomic E-state index is 0.552. The first-order valence-corrected chi connectivity index (χ1v) is 6.67. The van der Waals surface area contributed by atoms with Crippen LogP contribution in [0.15, 0.2) is 0 Å². The van der Waals surface area contributed by atoms with Crippen molar-refractivity contribution in [2.75, 3.05) is 19.7 Å². The van der Waals surface area contributed by atoms with Crippen LogP contribution in [0.3, 0.4) is 0 Å². The maximum Gasteiger partial charge on any atom is 0.0594 e. The fourth-order valence-electron chi connectivity index (χ4n) is 2.46. The first-order chi connectivity index (χ1) is 7.34. The SMILES string of the molecule is CC1CCCC(OCCNCC2CC2)C1. The Bertz CT molecular complexity index is 179. The van der Waals surface area contributed by atoms with E-state index < -0.39 is 0 Å². The second-order valence-corrected chi connectivity index (χ2v) is 5.41. The third-order valence-electron chi connectivity index (χ3n) is 3.65. The van der Waals surface area contributed by atoms with Crippen molar-refractivity contribution in [2.45, 2.75) is 51.6 Å². The largest absolute Gasteiger partial charge is 0.377 e. The van der Waals surface area contributed by atoms with Crippen molar-refractivity contribution in [1.29, 1.82) is 0 Å². The zero-order valence-electron chi connectivity index (χ0n) is 10.0. The molecule has 2 atom stereocenters. The minimum Gasteiger partial charge on any atom is -0.377 e. The van der Waals surface area contributed by atoms with E-state index in [1.165, 1.54) is 45.1 Å². The summed E-state index contributed by atoms with van der Waals surface area (Å²) in [6, 6.07) is 0. The highest BCUT2D eigenvalue weighted by Gasteiger charge is 2.21. The van der Waals surface area contributed by atoms with Gasteiger partial charge in [-0.25, -0.2) is 0 Å². The van der Waals surface area contributed by atoms with Crippen molar-refractivity contribution < 1.29 is 4.74 Å². The molecule has 2 unspecified atom stereocenters. The van der Waals surface area contributed by atoms with Gasteiger partial charge in [0.25, 0.3) is 0 Å². The maximum absolute atomic E-state index is 5.89. The van der Waals surface area contributed by atoms with Crippen LogP contribution in [-0.4, -0.2) is 25.8 Å². The van der Waals surface area contributed by atoms with Gasteiger partial charge in [0.1, 0.15) is 0 Å². The summed E-state index contributed by atoms with van der Waals surface area (Å²) in [4.78, 5) is 0. The predicted molar refractivity (Wildman–Crippen MR) is 63.0 cm³/mol. The summed E-state index contributed by atoms with van der Waals surface area (Å²) in [7, 11) is 0. The Morgan fingerprint density at radius 2 is 2.07 bits per heavy atom. The molecule has 2 saturated carbocycles. The number of nitrogens with one attached hydrogen (secondary N) is 1. The Hall–Kier alpha value is -0.0800. The van der Waals surface area contributed by atoms with Crippen LogP contribution in [0.1, 0.15) is 45.4 Å². The molecular weight excluding hydrogens is 186 g/mol. The van der Waals surface area contributed by atoms with E-state index in [2.05, 4.69) is 12.2 Å². The third-order valence-corrected chi connectivity index (χ3v) is 3.65. The molecule has 0 spiro atoms. The Morgan fingerprint density at radius 3 is 2.80 bits per heavy atom. The first-order valence-electron chi connectivity index (χ1n) is 6.67. The number of rotatable bonds is 6. The highest BCUT2D eigenvalue weighted by atomic mass is 16.5. The van der Waals surface area contributed by atoms with Crippen LogP contribution >= 0.6 is 0 Å². The van der Waals surface area contributed by atoms with Gasteiger partial charge in [0.2, 0.25) is 0 Å². The molecular formula is C13H25NO. The standard InChI is InChI=1S/C13H25NO/c1-11-3-2-4-13(9-11)15-8-7-14-10-12-5-6-12/h11-14H,2-10H2,1H3. The van der Waals surface area contributed by atoms with E-state index in [9.17, 15) is 0 Å². The zero-order valence-corrected chi connectivity index (χ0v) is 10.0. The molecule has 1 N–H and O–H groups in total. The van der Waals surface area contributed by atoms with Gasteiger partial charge in [0.05, 0.1) is 12.7 Å². The molecule has 2 fully saturated rings. The zero-order chi connectivity index (χ0) is 10.5. The van der Waals surface area contributed by atoms with E-state index in [1.54, 1.807) is 0 Å². The van der Waals surface area contributed by atoms with Gasteiger partial charge in [0, 0.05) is 6.54 Å². The quantitative estimate of drug-likeness (QED) is 0.682. The summed E-state index contributed by atoms with van der Waals surface area (Å²) in [6.45, 7) is 5.51. The Balaban J connectivity index is 1.45. The predicted octanol–water partition coefficient (Wildman–Crippen LogP) is 2.58. The molecule has 0 aromatic heterocycles. The Morgan fingerprint density at radius 1 is 1.20 bits per heavy atom. The summed E-state index contributed by atoms with van der Waals surface area (Å²) in [5.74, 6) is 1.86. The van der Waals surface area contributed by atoms with Gasteiger partial charge in [-0.15, -0.1) is 0 Å². The molecule has 2 heteroatoms. The Kier molecular flexibility index (Phi) is 4.45. The van der Waals surface area contributed by atoms with Crippen LogP contribution in [-0.2, 0) is 4.74 Å². The topological polar surface area (TPSA) is 21.3 Å². The molecule has 0 bridgehead atoms. The molecule has 0 saturated heterocycles. The third kappa shape index (κ3) is 4.52. The van der Waals surface area contributed by atoms with Crippen molar-refractivity contribution in [3.63, 3.8) is 0 Å². The summed E-state index contributed by atoms with van der Waals surface area (Å²) < 4.78 is 5.89. The minimum atomic E-state index is 0.552. The molecule has 0 amide bonds. The Labute approximate surface area is 93.8 Å². The van der Waals surface area contributed by atoms with Crippen LogP contribution in [0, 0.1) is 11.8 Å². The number of ether oxygens (including phenoxy) is 1. The van der Waals surface area contributed by atoms with Crippen LogP contribution in [0.2, 0.25) is 0 Å². The average Bonchev–Trinajstić information content (AvgIpc) is 3.01. The van der Waals surface area contributed by atoms with Gasteiger partial charge < -0.3 is 10.1 Å². The highest BCUT2D eigenvalue weighted by molar-refractivity contribution is 4.75. The molecule has 2 nitrogen and oxygen atoms in total. The first kappa shape index (κ1) is 11.4. The van der Waals surface area contributed by atoms with Gasteiger partial charge in [-0.05, 0) is 44.1 Å². The van der Waals surface area contributed by atoms with Gasteiger partial charge >= 0.3 is 0 Å². The van der Waals surface area contributed by atoms with Crippen molar-refractivity contribution >= 4 is 0 Å². The van der Waals surface area contributed by atoms with Crippen LogP contribution < -0.4 is 5.32 Å². The second kappa shape index (κ2) is 5.86. The molecule has 88 valence electrons. The van der Waals surface area contributed by atoms with Crippen LogP contribution in [0.4, 0.5) is 0 Å². The van der Waals surface area contributed by atoms with E-state index in [0.29, 0.717) is 6.10 Å². The summed E-state index contributed by atoms with van der Waals surface area (Å²) in [5.41, 5.74) is 0. The lowest BCUT2D eigenvalue weighted by Gasteiger charge is -2.26. The molecule has 15 heavy (non-hydrogen) atoms. The number of hydrogen-bond acceptors (Lipinski definition) is 2.